The van der Waals surface area contributed by atoms with E-state index in [1.165, 1.54) is 5.56 Å². The van der Waals surface area contributed by atoms with E-state index >= 15 is 0 Å². The van der Waals surface area contributed by atoms with E-state index in [2.05, 4.69) is 39.3 Å². The second-order valence-corrected chi connectivity index (χ2v) is 5.16. The number of aromatic nitrogens is 3. The summed E-state index contributed by atoms with van der Waals surface area (Å²) >= 11 is 0. The first kappa shape index (κ1) is 15.0. The van der Waals surface area contributed by atoms with Crippen molar-refractivity contribution in [3.05, 3.63) is 66.6 Å². The number of nitrogens with zero attached hydrogens (tertiary/aromatic N) is 3. The maximum absolute atomic E-state index is 5.07. The van der Waals surface area contributed by atoms with Crippen LogP contribution >= 0.6 is 0 Å². The largest absolute Gasteiger partial charge is 0.481 e. The number of anilines is 1. The van der Waals surface area contributed by atoms with Crippen LogP contribution in [0.2, 0.25) is 0 Å². The molecule has 2 heterocycles. The fraction of sp³-hybridized carbons (Fsp3) is 0.167. The van der Waals surface area contributed by atoms with Crippen molar-refractivity contribution in [1.29, 1.82) is 0 Å². The lowest BCUT2D eigenvalue weighted by Gasteiger charge is -2.15. The fourth-order valence-electron chi connectivity index (χ4n) is 2.27. The van der Waals surface area contributed by atoms with E-state index in [9.17, 15) is 0 Å². The Bertz CT molecular complexity index is 759. The van der Waals surface area contributed by atoms with Crippen LogP contribution in [0.15, 0.2) is 61.1 Å². The lowest BCUT2D eigenvalue weighted by atomic mass is 10.1. The SMILES string of the molecule is COc1ccc(-c2cncc(N[C@@H](C)c3ccccc3)n2)cn1. The summed E-state index contributed by atoms with van der Waals surface area (Å²) in [6.07, 6.45) is 5.18. The van der Waals surface area contributed by atoms with Crippen LogP contribution in [0.25, 0.3) is 11.3 Å². The molecule has 0 radical (unpaired) electrons. The van der Waals surface area contributed by atoms with Crippen LogP contribution in [0.4, 0.5) is 5.82 Å². The molecule has 2 aromatic heterocycles. The van der Waals surface area contributed by atoms with Crippen molar-refractivity contribution in [3.63, 3.8) is 0 Å². The third kappa shape index (κ3) is 3.63. The van der Waals surface area contributed by atoms with Crippen molar-refractivity contribution < 1.29 is 4.74 Å². The molecule has 0 aliphatic rings. The maximum Gasteiger partial charge on any atom is 0.212 e. The zero-order valence-electron chi connectivity index (χ0n) is 13.1. The molecule has 0 saturated heterocycles. The monoisotopic (exact) mass is 306 g/mol. The van der Waals surface area contributed by atoms with E-state index in [0.29, 0.717) is 5.88 Å². The first-order chi connectivity index (χ1) is 11.3. The van der Waals surface area contributed by atoms with Crippen molar-refractivity contribution in [1.82, 2.24) is 15.0 Å². The minimum atomic E-state index is 0.148. The van der Waals surface area contributed by atoms with Crippen LogP contribution in [0.5, 0.6) is 5.88 Å². The molecular formula is C18H18N4O. The Labute approximate surface area is 135 Å². The molecule has 0 aliphatic heterocycles. The van der Waals surface area contributed by atoms with Gasteiger partial charge in [0.2, 0.25) is 5.88 Å². The molecule has 3 rings (SSSR count). The molecule has 5 nitrogen and oxygen atoms in total. The Balaban J connectivity index is 1.79. The Morgan fingerprint density at radius 3 is 2.52 bits per heavy atom. The van der Waals surface area contributed by atoms with E-state index in [0.717, 1.165) is 17.1 Å². The van der Waals surface area contributed by atoms with Crippen molar-refractivity contribution in [2.45, 2.75) is 13.0 Å². The number of methoxy groups -OCH3 is 1. The number of hydrogen-bond donors (Lipinski definition) is 1. The first-order valence-corrected chi connectivity index (χ1v) is 7.40. The van der Waals surface area contributed by atoms with E-state index in [1.54, 1.807) is 25.7 Å². The molecule has 0 aliphatic carbocycles. The number of hydrogen-bond acceptors (Lipinski definition) is 5. The molecule has 0 fully saturated rings. The summed E-state index contributed by atoms with van der Waals surface area (Å²) in [5, 5.41) is 3.37. The minimum absolute atomic E-state index is 0.148. The average Bonchev–Trinajstić information content (AvgIpc) is 2.63. The standard InChI is InChI=1S/C18H18N4O/c1-13(14-6-4-3-5-7-14)21-17-12-19-11-16(22-17)15-8-9-18(23-2)20-10-15/h3-13H,1-2H3,(H,21,22)/t13-/m0/s1. The summed E-state index contributed by atoms with van der Waals surface area (Å²) in [6, 6.07) is 14.1. The third-order valence-electron chi connectivity index (χ3n) is 3.54. The normalized spacial score (nSPS) is 11.7. The Kier molecular flexibility index (Phi) is 4.47. The van der Waals surface area contributed by atoms with Crippen molar-refractivity contribution >= 4 is 5.82 Å². The van der Waals surface area contributed by atoms with Gasteiger partial charge in [0.15, 0.2) is 0 Å². The molecule has 0 saturated carbocycles. The second-order valence-electron chi connectivity index (χ2n) is 5.16. The minimum Gasteiger partial charge on any atom is -0.481 e. The van der Waals surface area contributed by atoms with E-state index in [4.69, 9.17) is 4.74 Å². The Morgan fingerprint density at radius 1 is 1.00 bits per heavy atom. The smallest absolute Gasteiger partial charge is 0.212 e. The van der Waals surface area contributed by atoms with Gasteiger partial charge in [-0.3, -0.25) is 4.98 Å². The van der Waals surface area contributed by atoms with Crippen molar-refractivity contribution in [3.8, 4) is 17.1 Å². The van der Waals surface area contributed by atoms with Gasteiger partial charge in [0.05, 0.1) is 25.2 Å². The predicted octanol–water partition coefficient (Wildman–Crippen LogP) is 3.72. The molecule has 0 bridgehead atoms. The van der Waals surface area contributed by atoms with Crippen LogP contribution in [-0.4, -0.2) is 22.1 Å². The summed E-state index contributed by atoms with van der Waals surface area (Å²) in [5.74, 6) is 1.31. The van der Waals surface area contributed by atoms with Crippen molar-refractivity contribution in [2.24, 2.45) is 0 Å². The van der Waals surface area contributed by atoms with Crippen LogP contribution in [0.3, 0.4) is 0 Å². The molecule has 1 N–H and O–H groups in total. The number of ether oxygens (including phenoxy) is 1. The van der Waals surface area contributed by atoms with Crippen molar-refractivity contribution in [2.75, 3.05) is 12.4 Å². The number of pyridine rings is 1. The van der Waals surface area contributed by atoms with Gasteiger partial charge >= 0.3 is 0 Å². The third-order valence-corrected chi connectivity index (χ3v) is 3.54. The second kappa shape index (κ2) is 6.87. The summed E-state index contributed by atoms with van der Waals surface area (Å²) < 4.78 is 5.07. The van der Waals surface area contributed by atoms with Gasteiger partial charge in [-0.25, -0.2) is 9.97 Å². The number of nitrogens with one attached hydrogen (secondary N) is 1. The lowest BCUT2D eigenvalue weighted by molar-refractivity contribution is 0.398. The van der Waals surface area contributed by atoms with Gasteiger partial charge in [-0.2, -0.15) is 0 Å². The topological polar surface area (TPSA) is 59.9 Å². The highest BCUT2D eigenvalue weighted by Gasteiger charge is 2.07. The van der Waals surface area contributed by atoms with Gasteiger partial charge in [-0.05, 0) is 18.6 Å². The quantitative estimate of drug-likeness (QED) is 0.778. The van der Waals surface area contributed by atoms with Gasteiger partial charge < -0.3 is 10.1 Å². The average molecular weight is 306 g/mol. The predicted molar refractivity (Wildman–Crippen MR) is 90.3 cm³/mol. The Morgan fingerprint density at radius 2 is 1.83 bits per heavy atom. The molecule has 116 valence electrons. The first-order valence-electron chi connectivity index (χ1n) is 7.40. The van der Waals surface area contributed by atoms with Gasteiger partial charge in [0.1, 0.15) is 5.82 Å². The summed E-state index contributed by atoms with van der Waals surface area (Å²) in [4.78, 5) is 13.1. The van der Waals surface area contributed by atoms with E-state index < -0.39 is 0 Å². The zero-order valence-corrected chi connectivity index (χ0v) is 13.1. The molecule has 0 amide bonds. The number of benzene rings is 1. The van der Waals surface area contributed by atoms with E-state index in [1.807, 2.05) is 30.3 Å². The molecule has 23 heavy (non-hydrogen) atoms. The van der Waals surface area contributed by atoms with Gasteiger partial charge in [-0.15, -0.1) is 0 Å². The van der Waals surface area contributed by atoms with Crippen LogP contribution in [0.1, 0.15) is 18.5 Å². The summed E-state index contributed by atoms with van der Waals surface area (Å²) in [6.45, 7) is 2.10. The zero-order chi connectivity index (χ0) is 16.1. The van der Waals surface area contributed by atoms with Crippen LogP contribution < -0.4 is 10.1 Å². The molecular weight excluding hydrogens is 288 g/mol. The van der Waals surface area contributed by atoms with Gasteiger partial charge in [0, 0.05) is 23.9 Å². The molecule has 1 atom stereocenters. The summed E-state index contributed by atoms with van der Waals surface area (Å²) in [7, 11) is 1.59. The van der Waals surface area contributed by atoms with Gasteiger partial charge in [-0.1, -0.05) is 30.3 Å². The molecule has 0 unspecified atom stereocenters. The Hall–Kier alpha value is -2.95. The molecule has 5 heteroatoms. The molecule has 1 aromatic carbocycles. The lowest BCUT2D eigenvalue weighted by Crippen LogP contribution is -2.08. The van der Waals surface area contributed by atoms with E-state index in [-0.39, 0.29) is 6.04 Å². The number of rotatable bonds is 5. The highest BCUT2D eigenvalue weighted by Crippen LogP contribution is 2.21. The fourth-order valence-corrected chi connectivity index (χ4v) is 2.27. The summed E-state index contributed by atoms with van der Waals surface area (Å²) in [5.41, 5.74) is 2.87. The van der Waals surface area contributed by atoms with Gasteiger partial charge in [0.25, 0.3) is 0 Å². The highest BCUT2D eigenvalue weighted by molar-refractivity contribution is 5.59. The molecule has 0 spiro atoms. The van der Waals surface area contributed by atoms with Crippen LogP contribution in [-0.2, 0) is 0 Å². The maximum atomic E-state index is 5.07. The van der Waals surface area contributed by atoms with Crippen LogP contribution in [0, 0.1) is 0 Å². The molecule has 3 aromatic rings. The highest BCUT2D eigenvalue weighted by atomic mass is 16.5.